The van der Waals surface area contributed by atoms with Gasteiger partial charge in [-0.2, -0.15) is 0 Å². The third-order valence-electron chi connectivity index (χ3n) is 6.00. The van der Waals surface area contributed by atoms with Gasteiger partial charge < -0.3 is 4.90 Å². The fraction of sp³-hybridized carbons (Fsp3) is 0.148. The molecular formula is C27H23NO. The van der Waals surface area contributed by atoms with Crippen molar-refractivity contribution in [2.45, 2.75) is 25.8 Å². The number of hydrogen-bond acceptors (Lipinski definition) is 1. The number of fused-ring (bicyclic) bond motifs is 5. The molecule has 0 aliphatic heterocycles. The van der Waals surface area contributed by atoms with E-state index in [0.29, 0.717) is 0 Å². The standard InChI is InChI=1S/C27H23NO/c1-2-8-27(25-14-7-10-19-9-3-4-11-21(19)25)28(18-29)20-15-16-24-22-12-5-6-13-23(22)26(24)17-20/h3-7,9-18,27H,2,8H2,1H3. The number of benzene rings is 4. The van der Waals surface area contributed by atoms with Crippen molar-refractivity contribution in [1.82, 2.24) is 0 Å². The molecule has 29 heavy (non-hydrogen) atoms. The summed E-state index contributed by atoms with van der Waals surface area (Å²) in [7, 11) is 0. The van der Waals surface area contributed by atoms with Gasteiger partial charge in [0.05, 0.1) is 6.04 Å². The number of amides is 1. The van der Waals surface area contributed by atoms with Gasteiger partial charge in [-0.3, -0.25) is 4.79 Å². The molecule has 5 rings (SSSR count). The van der Waals surface area contributed by atoms with Crippen LogP contribution < -0.4 is 4.90 Å². The maximum absolute atomic E-state index is 12.3. The summed E-state index contributed by atoms with van der Waals surface area (Å²) in [5, 5.41) is 2.43. The van der Waals surface area contributed by atoms with Crippen LogP contribution in [0.25, 0.3) is 33.0 Å². The molecule has 0 aromatic heterocycles. The van der Waals surface area contributed by atoms with Crippen molar-refractivity contribution >= 4 is 22.9 Å². The zero-order valence-corrected chi connectivity index (χ0v) is 16.5. The average molecular weight is 377 g/mol. The first-order chi connectivity index (χ1) is 14.3. The minimum atomic E-state index is 0.0111. The number of carbonyl (C=O) groups excluding carboxylic acids is 1. The van der Waals surface area contributed by atoms with Crippen LogP contribution in [0.4, 0.5) is 5.69 Å². The van der Waals surface area contributed by atoms with E-state index in [1.54, 1.807) is 0 Å². The zero-order valence-electron chi connectivity index (χ0n) is 16.5. The molecule has 1 amide bonds. The largest absolute Gasteiger partial charge is 0.307 e. The molecule has 2 nitrogen and oxygen atoms in total. The molecule has 1 aliphatic carbocycles. The fourth-order valence-electron chi connectivity index (χ4n) is 4.61. The molecule has 142 valence electrons. The third kappa shape index (κ3) is 2.84. The molecule has 1 atom stereocenters. The highest BCUT2D eigenvalue weighted by Gasteiger charge is 2.26. The van der Waals surface area contributed by atoms with Gasteiger partial charge in [0, 0.05) is 5.69 Å². The van der Waals surface area contributed by atoms with Gasteiger partial charge in [-0.1, -0.05) is 86.1 Å². The van der Waals surface area contributed by atoms with Crippen molar-refractivity contribution in [3.63, 3.8) is 0 Å². The molecule has 4 aromatic carbocycles. The second-order valence-electron chi connectivity index (χ2n) is 7.66. The lowest BCUT2D eigenvalue weighted by atomic mass is 9.80. The molecular weight excluding hydrogens is 354 g/mol. The van der Waals surface area contributed by atoms with Crippen molar-refractivity contribution in [2.24, 2.45) is 0 Å². The molecule has 0 spiro atoms. The number of rotatable bonds is 6. The summed E-state index contributed by atoms with van der Waals surface area (Å²) in [4.78, 5) is 14.2. The van der Waals surface area contributed by atoms with Crippen molar-refractivity contribution in [3.8, 4) is 22.3 Å². The Morgan fingerprint density at radius 3 is 2.28 bits per heavy atom. The maximum Gasteiger partial charge on any atom is 0.214 e. The Bertz CT molecular complexity index is 1200. The third-order valence-corrected chi connectivity index (χ3v) is 6.00. The predicted octanol–water partition coefficient (Wildman–Crippen LogP) is 6.99. The maximum atomic E-state index is 12.3. The lowest BCUT2D eigenvalue weighted by molar-refractivity contribution is -0.107. The first-order valence-corrected chi connectivity index (χ1v) is 10.3. The van der Waals surface area contributed by atoms with E-state index in [1.807, 2.05) is 4.90 Å². The minimum Gasteiger partial charge on any atom is -0.307 e. The SMILES string of the molecule is CCCC(c1cccc2ccccc12)N(C=O)c1ccc2c(c1)-c1ccccc1-2. The Morgan fingerprint density at radius 2 is 1.48 bits per heavy atom. The highest BCUT2D eigenvalue weighted by molar-refractivity contribution is 6.04. The summed E-state index contributed by atoms with van der Waals surface area (Å²) in [5.74, 6) is 0. The summed E-state index contributed by atoms with van der Waals surface area (Å²) in [6, 6.07) is 29.7. The second-order valence-corrected chi connectivity index (χ2v) is 7.66. The molecule has 0 fully saturated rings. The Hall–Kier alpha value is -3.39. The molecule has 0 bridgehead atoms. The molecule has 0 heterocycles. The normalized spacial score (nSPS) is 12.6. The summed E-state index contributed by atoms with van der Waals surface area (Å²) in [6.45, 7) is 2.18. The van der Waals surface area contributed by atoms with Gasteiger partial charge in [-0.15, -0.1) is 0 Å². The number of anilines is 1. The molecule has 0 N–H and O–H groups in total. The molecule has 4 aromatic rings. The van der Waals surface area contributed by atoms with Crippen LogP contribution in [0.3, 0.4) is 0 Å². The monoisotopic (exact) mass is 377 g/mol. The van der Waals surface area contributed by atoms with Crippen LogP contribution >= 0.6 is 0 Å². The van der Waals surface area contributed by atoms with Crippen molar-refractivity contribution in [1.29, 1.82) is 0 Å². The van der Waals surface area contributed by atoms with Gasteiger partial charge in [0.2, 0.25) is 6.41 Å². The van der Waals surface area contributed by atoms with Crippen LogP contribution in [0, 0.1) is 0 Å². The van der Waals surface area contributed by atoms with Gasteiger partial charge in [0.15, 0.2) is 0 Å². The smallest absolute Gasteiger partial charge is 0.214 e. The molecule has 0 saturated heterocycles. The molecule has 2 heteroatoms. The average Bonchev–Trinajstić information content (AvgIpc) is 2.77. The van der Waals surface area contributed by atoms with E-state index in [9.17, 15) is 4.79 Å². The van der Waals surface area contributed by atoms with Gasteiger partial charge in [0.25, 0.3) is 0 Å². The molecule has 0 radical (unpaired) electrons. The predicted molar refractivity (Wildman–Crippen MR) is 121 cm³/mol. The summed E-state index contributed by atoms with van der Waals surface area (Å²) in [5.41, 5.74) is 7.24. The highest BCUT2D eigenvalue weighted by Crippen LogP contribution is 2.48. The summed E-state index contributed by atoms with van der Waals surface area (Å²) < 4.78 is 0. The summed E-state index contributed by atoms with van der Waals surface area (Å²) >= 11 is 0. The lowest BCUT2D eigenvalue weighted by Gasteiger charge is -2.32. The molecule has 0 saturated carbocycles. The highest BCUT2D eigenvalue weighted by atomic mass is 16.1. The van der Waals surface area contributed by atoms with Crippen LogP contribution in [0.2, 0.25) is 0 Å². The van der Waals surface area contributed by atoms with Crippen LogP contribution in [0.5, 0.6) is 0 Å². The van der Waals surface area contributed by atoms with Crippen molar-refractivity contribution in [2.75, 3.05) is 4.90 Å². The Balaban J connectivity index is 1.59. The van der Waals surface area contributed by atoms with Crippen LogP contribution in [0.1, 0.15) is 31.4 Å². The topological polar surface area (TPSA) is 20.3 Å². The van der Waals surface area contributed by atoms with Crippen LogP contribution in [-0.4, -0.2) is 6.41 Å². The van der Waals surface area contributed by atoms with Gasteiger partial charge in [0.1, 0.15) is 0 Å². The molecule has 1 unspecified atom stereocenters. The zero-order chi connectivity index (χ0) is 19.8. The van der Waals surface area contributed by atoms with E-state index in [2.05, 4.69) is 91.9 Å². The summed E-state index contributed by atoms with van der Waals surface area (Å²) in [6.07, 6.45) is 2.92. The Morgan fingerprint density at radius 1 is 0.793 bits per heavy atom. The van der Waals surface area contributed by atoms with E-state index in [0.717, 1.165) is 24.9 Å². The first kappa shape index (κ1) is 17.7. The number of hydrogen-bond donors (Lipinski definition) is 0. The quantitative estimate of drug-likeness (QED) is 0.292. The van der Waals surface area contributed by atoms with Crippen molar-refractivity contribution in [3.05, 3.63) is 90.5 Å². The van der Waals surface area contributed by atoms with E-state index < -0.39 is 0 Å². The Kier molecular flexibility index (Phi) is 4.40. The van der Waals surface area contributed by atoms with Gasteiger partial charge in [-0.05, 0) is 57.1 Å². The van der Waals surface area contributed by atoms with Crippen LogP contribution in [0.15, 0.2) is 84.9 Å². The minimum absolute atomic E-state index is 0.0111. The van der Waals surface area contributed by atoms with E-state index >= 15 is 0 Å². The number of nitrogens with zero attached hydrogens (tertiary/aromatic N) is 1. The molecule has 1 aliphatic rings. The van der Waals surface area contributed by atoms with Crippen molar-refractivity contribution < 1.29 is 4.79 Å². The second kappa shape index (κ2) is 7.21. The lowest BCUT2D eigenvalue weighted by Crippen LogP contribution is -2.27. The van der Waals surface area contributed by atoms with Crippen LogP contribution in [-0.2, 0) is 4.79 Å². The van der Waals surface area contributed by atoms with E-state index in [-0.39, 0.29) is 6.04 Å². The number of carbonyl (C=O) groups is 1. The van der Waals surface area contributed by atoms with E-state index in [4.69, 9.17) is 0 Å². The van der Waals surface area contributed by atoms with E-state index in [1.165, 1.54) is 38.6 Å². The fourth-order valence-corrected chi connectivity index (χ4v) is 4.61. The first-order valence-electron chi connectivity index (χ1n) is 10.3. The Labute approximate surface area is 171 Å². The van der Waals surface area contributed by atoms with Gasteiger partial charge in [-0.25, -0.2) is 0 Å². The van der Waals surface area contributed by atoms with Gasteiger partial charge >= 0.3 is 0 Å².